The lowest BCUT2D eigenvalue weighted by atomic mass is 10.1. The minimum absolute atomic E-state index is 0.110. The van der Waals surface area contributed by atoms with Crippen LogP contribution < -0.4 is 15.7 Å². The normalized spacial score (nSPS) is 13.5. The number of benzene rings is 1. The van der Waals surface area contributed by atoms with Crippen LogP contribution in [0.25, 0.3) is 0 Å². The second-order valence-electron chi connectivity index (χ2n) is 5.42. The highest BCUT2D eigenvalue weighted by molar-refractivity contribution is 5.87. The van der Waals surface area contributed by atoms with Crippen molar-refractivity contribution in [1.29, 1.82) is 0 Å². The number of halogens is 2. The van der Waals surface area contributed by atoms with Crippen LogP contribution >= 0.6 is 0 Å². The van der Waals surface area contributed by atoms with Gasteiger partial charge in [-0.1, -0.05) is 18.2 Å². The maximum atomic E-state index is 13.9. The molecule has 0 unspecified atom stereocenters. The molecule has 12 heteroatoms. The number of ether oxygens (including phenoxy) is 1. The number of nitrogens with zero attached hydrogens (tertiary/aromatic N) is 2. The number of aliphatic hydroxyl groups is 3. The summed E-state index contributed by atoms with van der Waals surface area (Å²) in [7, 11) is 0. The molecule has 1 aromatic carbocycles. The van der Waals surface area contributed by atoms with Crippen molar-refractivity contribution in [2.75, 3.05) is 11.9 Å². The third-order valence-electron chi connectivity index (χ3n) is 3.41. The maximum absolute atomic E-state index is 13.9. The summed E-state index contributed by atoms with van der Waals surface area (Å²) in [6.45, 7) is -1.23. The number of hydrogen-bond acceptors (Lipinski definition) is 8. The minimum Gasteiger partial charge on any atom is -0.410 e. The Morgan fingerprint density at radius 1 is 1.21 bits per heavy atom. The minimum atomic E-state index is -4.59. The number of rotatable bonds is 6. The summed E-state index contributed by atoms with van der Waals surface area (Å²) in [5, 5.41) is 29.1. The van der Waals surface area contributed by atoms with Gasteiger partial charge in [0.25, 0.3) is 0 Å². The van der Waals surface area contributed by atoms with Crippen molar-refractivity contribution in [2.45, 2.75) is 18.1 Å². The van der Waals surface area contributed by atoms with E-state index < -0.39 is 42.4 Å². The third-order valence-corrected chi connectivity index (χ3v) is 3.41. The summed E-state index contributed by atoms with van der Waals surface area (Å²) in [5.41, 5.74) is -1.48. The smallest absolute Gasteiger partial charge is 0.410 e. The molecule has 10 nitrogen and oxygen atoms in total. The molecule has 0 spiro atoms. The number of para-hydroxylation sites is 1. The van der Waals surface area contributed by atoms with Crippen molar-refractivity contribution < 1.29 is 38.4 Å². The predicted octanol–water partition coefficient (Wildman–Crippen LogP) is -0.156. The Morgan fingerprint density at radius 3 is 2.43 bits per heavy atom. The molecule has 0 aliphatic carbocycles. The van der Waals surface area contributed by atoms with Gasteiger partial charge >= 0.3 is 23.6 Å². The van der Waals surface area contributed by atoms with Crippen molar-refractivity contribution in [2.24, 2.45) is 0 Å². The summed E-state index contributed by atoms with van der Waals surface area (Å²) >= 11 is 0. The van der Waals surface area contributed by atoms with Gasteiger partial charge in [0.1, 0.15) is 17.7 Å². The Labute approximate surface area is 155 Å². The second kappa shape index (κ2) is 8.65. The Hall–Kier alpha value is -3.22. The number of nitrogens with one attached hydrogen (secondary N) is 1. The summed E-state index contributed by atoms with van der Waals surface area (Å²) in [6.07, 6.45) is -5.68. The standard InChI is InChI=1S/C16H15F2N3O7/c17-16(18,12(24)10(23)8-22)13(25)21-7-6-11(19-14(21)26)20-15(27)28-9-4-2-1-3-5-9/h1-7,10,12,22-24H,8H2,(H,19,20,26,27)/t10-,12-/m1/s1. The van der Waals surface area contributed by atoms with Gasteiger partial charge in [0.2, 0.25) is 0 Å². The zero-order valence-electron chi connectivity index (χ0n) is 14.0. The zero-order valence-corrected chi connectivity index (χ0v) is 14.0. The average molecular weight is 399 g/mol. The Kier molecular flexibility index (Phi) is 6.51. The van der Waals surface area contributed by atoms with Crippen LogP contribution in [0.1, 0.15) is 4.79 Å². The van der Waals surface area contributed by atoms with Crippen LogP contribution in [0.15, 0.2) is 47.4 Å². The van der Waals surface area contributed by atoms with Gasteiger partial charge in [-0.05, 0) is 18.2 Å². The quantitative estimate of drug-likeness (QED) is 0.523. The molecular formula is C16H15F2N3O7. The van der Waals surface area contributed by atoms with Gasteiger partial charge in [-0.15, -0.1) is 0 Å². The summed E-state index contributed by atoms with van der Waals surface area (Å²) in [5.74, 6) is -6.95. The lowest BCUT2D eigenvalue weighted by molar-refractivity contribution is -0.136. The number of alkyl halides is 2. The second-order valence-corrected chi connectivity index (χ2v) is 5.42. The van der Waals surface area contributed by atoms with Crippen molar-refractivity contribution in [3.63, 3.8) is 0 Å². The van der Waals surface area contributed by atoms with E-state index in [9.17, 15) is 28.3 Å². The van der Waals surface area contributed by atoms with Crippen molar-refractivity contribution in [3.05, 3.63) is 53.1 Å². The number of aliphatic hydroxyl groups excluding tert-OH is 3. The van der Waals surface area contributed by atoms with Crippen LogP contribution in [-0.4, -0.2) is 61.6 Å². The number of carbonyl (C=O) groups is 2. The Morgan fingerprint density at radius 2 is 1.86 bits per heavy atom. The number of anilines is 1. The van der Waals surface area contributed by atoms with Crippen LogP contribution in [0.5, 0.6) is 5.75 Å². The van der Waals surface area contributed by atoms with E-state index in [1.165, 1.54) is 12.1 Å². The number of amides is 1. The molecule has 2 rings (SSSR count). The van der Waals surface area contributed by atoms with E-state index in [1.54, 1.807) is 18.2 Å². The van der Waals surface area contributed by atoms with E-state index in [0.717, 1.165) is 6.07 Å². The van der Waals surface area contributed by atoms with Gasteiger partial charge < -0.3 is 20.1 Å². The van der Waals surface area contributed by atoms with Crippen molar-refractivity contribution in [1.82, 2.24) is 9.55 Å². The Balaban J connectivity index is 2.14. The first-order valence-electron chi connectivity index (χ1n) is 7.70. The summed E-state index contributed by atoms with van der Waals surface area (Å²) < 4.78 is 32.6. The van der Waals surface area contributed by atoms with E-state index in [1.807, 2.05) is 0 Å². The van der Waals surface area contributed by atoms with E-state index >= 15 is 0 Å². The van der Waals surface area contributed by atoms with Crippen LogP contribution in [0, 0.1) is 0 Å². The first-order chi connectivity index (χ1) is 13.2. The van der Waals surface area contributed by atoms with Gasteiger partial charge in [0, 0.05) is 6.20 Å². The Bertz CT molecular complexity index is 905. The highest BCUT2D eigenvalue weighted by Gasteiger charge is 2.50. The SMILES string of the molecule is O=C(Nc1ccn(C(=O)C(F)(F)[C@H](O)[C@H](O)CO)c(=O)n1)Oc1ccccc1. The van der Waals surface area contributed by atoms with Crippen LogP contribution in [0.4, 0.5) is 19.4 Å². The molecule has 0 radical (unpaired) electrons. The highest BCUT2D eigenvalue weighted by atomic mass is 19.3. The number of carbonyl (C=O) groups excluding carboxylic acids is 2. The average Bonchev–Trinajstić information content (AvgIpc) is 2.67. The van der Waals surface area contributed by atoms with Crippen molar-refractivity contribution in [3.8, 4) is 5.75 Å². The molecule has 2 aromatic rings. The van der Waals surface area contributed by atoms with Crippen LogP contribution in [0.3, 0.4) is 0 Å². The van der Waals surface area contributed by atoms with Crippen LogP contribution in [-0.2, 0) is 0 Å². The molecule has 0 aliphatic rings. The molecule has 0 saturated heterocycles. The zero-order chi connectivity index (χ0) is 20.9. The predicted molar refractivity (Wildman–Crippen MR) is 89.3 cm³/mol. The summed E-state index contributed by atoms with van der Waals surface area (Å²) in [4.78, 5) is 38.7. The molecule has 150 valence electrons. The van der Waals surface area contributed by atoms with Gasteiger partial charge in [-0.25, -0.2) is 14.2 Å². The first kappa shape index (κ1) is 21.1. The largest absolute Gasteiger partial charge is 0.418 e. The van der Waals surface area contributed by atoms with E-state index in [0.29, 0.717) is 6.20 Å². The monoisotopic (exact) mass is 399 g/mol. The fourth-order valence-corrected chi connectivity index (χ4v) is 1.98. The number of hydrogen-bond donors (Lipinski definition) is 4. The van der Waals surface area contributed by atoms with Gasteiger partial charge in [-0.3, -0.25) is 10.1 Å². The molecule has 1 amide bonds. The fraction of sp³-hybridized carbons (Fsp3) is 0.250. The molecule has 2 atom stereocenters. The van der Waals surface area contributed by atoms with Crippen molar-refractivity contribution >= 4 is 17.8 Å². The third kappa shape index (κ3) is 4.73. The molecule has 1 heterocycles. The first-order valence-corrected chi connectivity index (χ1v) is 7.70. The van der Waals surface area contributed by atoms with Crippen LogP contribution in [0.2, 0.25) is 0 Å². The molecule has 28 heavy (non-hydrogen) atoms. The fourth-order valence-electron chi connectivity index (χ4n) is 1.98. The highest BCUT2D eigenvalue weighted by Crippen LogP contribution is 2.23. The molecule has 0 fully saturated rings. The molecule has 4 N–H and O–H groups in total. The number of aromatic nitrogens is 2. The van der Waals surface area contributed by atoms with E-state index in [2.05, 4.69) is 10.3 Å². The van der Waals surface area contributed by atoms with E-state index in [-0.39, 0.29) is 16.1 Å². The molecule has 1 aromatic heterocycles. The molecule has 0 bridgehead atoms. The lowest BCUT2D eigenvalue weighted by Crippen LogP contribution is -2.53. The van der Waals surface area contributed by atoms with Gasteiger partial charge in [0.05, 0.1) is 6.61 Å². The molecular weight excluding hydrogens is 384 g/mol. The molecule has 0 saturated carbocycles. The molecule has 0 aliphatic heterocycles. The lowest BCUT2D eigenvalue weighted by Gasteiger charge is -2.24. The van der Waals surface area contributed by atoms with Gasteiger partial charge in [0.15, 0.2) is 6.10 Å². The van der Waals surface area contributed by atoms with Gasteiger partial charge in [-0.2, -0.15) is 13.8 Å². The summed E-state index contributed by atoms with van der Waals surface area (Å²) in [6, 6.07) is 8.74. The maximum Gasteiger partial charge on any atom is 0.418 e. The van der Waals surface area contributed by atoms with E-state index in [4.69, 9.17) is 14.9 Å². The topological polar surface area (TPSA) is 151 Å².